The van der Waals surface area contributed by atoms with Gasteiger partial charge in [0.15, 0.2) is 5.58 Å². The van der Waals surface area contributed by atoms with E-state index in [0.29, 0.717) is 29.9 Å². The number of nitro benzene ring substituents is 1. The molecule has 4 rings (SSSR count). The van der Waals surface area contributed by atoms with Crippen molar-refractivity contribution in [2.45, 2.75) is 19.4 Å². The van der Waals surface area contributed by atoms with Crippen molar-refractivity contribution in [1.82, 2.24) is 4.57 Å². The van der Waals surface area contributed by atoms with Crippen molar-refractivity contribution in [2.75, 3.05) is 23.4 Å². The van der Waals surface area contributed by atoms with Crippen LogP contribution in [0.25, 0.3) is 11.1 Å². The molecule has 0 radical (unpaired) electrons. The fraction of sp³-hybridized carbons (Fsp3) is 0.250. The van der Waals surface area contributed by atoms with Crippen LogP contribution in [0.1, 0.15) is 12.8 Å². The van der Waals surface area contributed by atoms with Crippen LogP contribution in [0.4, 0.5) is 21.9 Å². The van der Waals surface area contributed by atoms with Gasteiger partial charge in [0.1, 0.15) is 6.61 Å². The molecule has 1 saturated heterocycles. The van der Waals surface area contributed by atoms with Gasteiger partial charge in [-0.3, -0.25) is 24.4 Å². The van der Waals surface area contributed by atoms with Gasteiger partial charge in [-0.2, -0.15) is 0 Å². The first-order chi connectivity index (χ1) is 14.9. The number of non-ortho nitro benzene ring substituents is 1. The molecule has 0 bridgehead atoms. The zero-order chi connectivity index (χ0) is 22.0. The zero-order valence-corrected chi connectivity index (χ0v) is 16.3. The molecule has 0 unspecified atom stereocenters. The number of benzene rings is 2. The Morgan fingerprint density at radius 3 is 2.74 bits per heavy atom. The number of nitrogens with one attached hydrogen (secondary N) is 1. The van der Waals surface area contributed by atoms with Crippen molar-refractivity contribution in [2.24, 2.45) is 0 Å². The van der Waals surface area contributed by atoms with Crippen LogP contribution in [0.5, 0.6) is 0 Å². The summed E-state index contributed by atoms with van der Waals surface area (Å²) in [7, 11) is 0. The van der Waals surface area contributed by atoms with Crippen molar-refractivity contribution < 1.29 is 23.7 Å². The van der Waals surface area contributed by atoms with Gasteiger partial charge >= 0.3 is 11.8 Å². The van der Waals surface area contributed by atoms with E-state index < -0.39 is 16.8 Å². The third-order valence-electron chi connectivity index (χ3n) is 4.88. The molecule has 11 nitrogen and oxygen atoms in total. The molecular formula is C20H18N4O7. The summed E-state index contributed by atoms with van der Waals surface area (Å²) in [6.45, 7) is 0.898. The van der Waals surface area contributed by atoms with E-state index in [1.807, 2.05) is 0 Å². The molecule has 160 valence electrons. The van der Waals surface area contributed by atoms with Gasteiger partial charge in [0, 0.05) is 19.0 Å². The molecule has 2 aromatic carbocycles. The lowest BCUT2D eigenvalue weighted by Crippen LogP contribution is -2.25. The Morgan fingerprint density at radius 2 is 2.00 bits per heavy atom. The van der Waals surface area contributed by atoms with E-state index >= 15 is 0 Å². The zero-order valence-electron chi connectivity index (χ0n) is 16.3. The third-order valence-corrected chi connectivity index (χ3v) is 4.88. The van der Waals surface area contributed by atoms with Gasteiger partial charge in [-0.05, 0) is 24.6 Å². The fourth-order valence-electron chi connectivity index (χ4n) is 3.42. The number of aryl methyl sites for hydroxylation is 1. The molecule has 3 aromatic rings. The lowest BCUT2D eigenvalue weighted by atomic mass is 10.2. The monoisotopic (exact) mass is 426 g/mol. The number of rotatable bonds is 7. The number of carbonyl (C=O) groups excluding carboxylic acids is 2. The van der Waals surface area contributed by atoms with E-state index in [0.717, 1.165) is 0 Å². The van der Waals surface area contributed by atoms with Gasteiger partial charge in [0.2, 0.25) is 5.91 Å². The highest BCUT2D eigenvalue weighted by molar-refractivity contribution is 5.99. The SMILES string of the molecule is O=C(CCCn1c(=O)oc2cc([N+](=O)[O-])ccc21)Nc1ccccc1N1CCOC1=O. The summed E-state index contributed by atoms with van der Waals surface area (Å²) in [6, 6.07) is 10.9. The number of amides is 2. The second-order valence-electron chi connectivity index (χ2n) is 6.86. The molecule has 1 fully saturated rings. The van der Waals surface area contributed by atoms with E-state index in [9.17, 15) is 24.5 Å². The summed E-state index contributed by atoms with van der Waals surface area (Å²) in [6.07, 6.45) is -0.0102. The van der Waals surface area contributed by atoms with E-state index in [4.69, 9.17) is 9.15 Å². The molecule has 2 heterocycles. The van der Waals surface area contributed by atoms with Crippen molar-refractivity contribution in [3.63, 3.8) is 0 Å². The predicted octanol–water partition coefficient (Wildman–Crippen LogP) is 2.88. The number of cyclic esters (lactones) is 1. The van der Waals surface area contributed by atoms with E-state index in [1.165, 1.54) is 27.7 Å². The van der Waals surface area contributed by atoms with Crippen LogP contribution in [0.2, 0.25) is 0 Å². The molecule has 0 spiro atoms. The van der Waals surface area contributed by atoms with Crippen molar-refractivity contribution >= 4 is 40.2 Å². The molecule has 1 aliphatic heterocycles. The second-order valence-corrected chi connectivity index (χ2v) is 6.86. The molecule has 2 amide bonds. The molecule has 11 heteroatoms. The van der Waals surface area contributed by atoms with Crippen LogP contribution in [-0.4, -0.2) is 34.6 Å². The summed E-state index contributed by atoms with van der Waals surface area (Å²) in [4.78, 5) is 48.1. The van der Waals surface area contributed by atoms with Crippen molar-refractivity contribution in [3.8, 4) is 0 Å². The maximum absolute atomic E-state index is 12.4. The third kappa shape index (κ3) is 4.10. The summed E-state index contributed by atoms with van der Waals surface area (Å²) in [5.74, 6) is -0.926. The summed E-state index contributed by atoms with van der Waals surface area (Å²) in [5.41, 5.74) is 1.42. The minimum atomic E-state index is -0.645. The number of para-hydroxylation sites is 2. The number of anilines is 2. The highest BCUT2D eigenvalue weighted by Crippen LogP contribution is 2.28. The Kier molecular flexibility index (Phi) is 5.39. The summed E-state index contributed by atoms with van der Waals surface area (Å²) in [5, 5.41) is 13.7. The Balaban J connectivity index is 1.41. The lowest BCUT2D eigenvalue weighted by molar-refractivity contribution is -0.384. The number of ether oxygens (including phenoxy) is 1. The smallest absolute Gasteiger partial charge is 0.419 e. The topological polar surface area (TPSA) is 137 Å². The van der Waals surface area contributed by atoms with Crippen LogP contribution in [0, 0.1) is 10.1 Å². The number of hydrogen-bond acceptors (Lipinski definition) is 7. The number of nitro groups is 1. The van der Waals surface area contributed by atoms with Gasteiger partial charge in [0.25, 0.3) is 5.69 Å². The van der Waals surface area contributed by atoms with Crippen LogP contribution in [0.3, 0.4) is 0 Å². The molecule has 1 N–H and O–H groups in total. The number of nitrogens with zero attached hydrogens (tertiary/aromatic N) is 3. The fourth-order valence-corrected chi connectivity index (χ4v) is 3.42. The molecule has 0 aliphatic carbocycles. The Bertz CT molecular complexity index is 1230. The van der Waals surface area contributed by atoms with Gasteiger partial charge in [0.05, 0.1) is 34.4 Å². The minimum Gasteiger partial charge on any atom is -0.447 e. The molecular weight excluding hydrogens is 408 g/mol. The first-order valence-electron chi connectivity index (χ1n) is 9.55. The number of hydrogen-bond donors (Lipinski definition) is 1. The second kappa shape index (κ2) is 8.30. The molecule has 1 aliphatic rings. The maximum Gasteiger partial charge on any atom is 0.419 e. The molecule has 1 aromatic heterocycles. The van der Waals surface area contributed by atoms with E-state index in [2.05, 4.69) is 5.32 Å². The largest absolute Gasteiger partial charge is 0.447 e. The first kappa shape index (κ1) is 20.1. The minimum absolute atomic E-state index is 0.116. The summed E-state index contributed by atoms with van der Waals surface area (Å²) < 4.78 is 11.4. The molecule has 0 saturated carbocycles. The number of aromatic nitrogens is 1. The Labute approximate surface area is 175 Å². The van der Waals surface area contributed by atoms with E-state index in [1.54, 1.807) is 24.3 Å². The van der Waals surface area contributed by atoms with Crippen LogP contribution < -0.4 is 16.0 Å². The van der Waals surface area contributed by atoms with Gasteiger partial charge < -0.3 is 14.5 Å². The Hall–Kier alpha value is -4.15. The highest BCUT2D eigenvalue weighted by atomic mass is 16.6. The average molecular weight is 426 g/mol. The average Bonchev–Trinajstić information content (AvgIpc) is 3.30. The molecule has 0 atom stereocenters. The van der Waals surface area contributed by atoms with Crippen LogP contribution in [0.15, 0.2) is 51.7 Å². The van der Waals surface area contributed by atoms with Gasteiger partial charge in [-0.15, -0.1) is 0 Å². The lowest BCUT2D eigenvalue weighted by Gasteiger charge is -2.17. The van der Waals surface area contributed by atoms with Crippen LogP contribution >= 0.6 is 0 Å². The van der Waals surface area contributed by atoms with Crippen LogP contribution in [-0.2, 0) is 16.1 Å². The van der Waals surface area contributed by atoms with E-state index in [-0.39, 0.29) is 36.8 Å². The Morgan fingerprint density at radius 1 is 1.19 bits per heavy atom. The molecule has 31 heavy (non-hydrogen) atoms. The van der Waals surface area contributed by atoms with Crippen molar-refractivity contribution in [3.05, 3.63) is 63.1 Å². The highest BCUT2D eigenvalue weighted by Gasteiger charge is 2.26. The number of carbonyl (C=O) groups is 2. The van der Waals surface area contributed by atoms with Gasteiger partial charge in [-0.25, -0.2) is 9.59 Å². The van der Waals surface area contributed by atoms with Gasteiger partial charge in [-0.1, -0.05) is 12.1 Å². The number of fused-ring (bicyclic) bond motifs is 1. The van der Waals surface area contributed by atoms with Crippen molar-refractivity contribution in [1.29, 1.82) is 0 Å². The quantitative estimate of drug-likeness (QED) is 0.453. The maximum atomic E-state index is 12.4. The standard InChI is InChI=1S/C20H18N4O7/c25-18(21-14-4-1-2-5-15(14)23-10-11-30-19(23)26)6-3-9-22-16-8-7-13(24(28)29)12-17(16)31-20(22)27/h1-2,4-5,7-8,12H,3,6,9-11H2,(H,21,25). The summed E-state index contributed by atoms with van der Waals surface area (Å²) >= 11 is 0. The first-order valence-corrected chi connectivity index (χ1v) is 9.55. The predicted molar refractivity (Wildman–Crippen MR) is 110 cm³/mol. The normalized spacial score (nSPS) is 13.4. The number of oxazole rings is 1.